The predicted octanol–water partition coefficient (Wildman–Crippen LogP) is 2.28. The van der Waals surface area contributed by atoms with E-state index in [4.69, 9.17) is 4.74 Å². The van der Waals surface area contributed by atoms with Crippen molar-refractivity contribution >= 4 is 17.9 Å². The zero-order valence-corrected chi connectivity index (χ0v) is 17.5. The third-order valence-electron chi connectivity index (χ3n) is 5.37. The normalized spacial score (nSPS) is 21.8. The summed E-state index contributed by atoms with van der Waals surface area (Å²) < 4.78 is 5.01. The Kier molecular flexibility index (Phi) is 7.78. The number of benzene rings is 1. The van der Waals surface area contributed by atoms with Gasteiger partial charge in [-0.2, -0.15) is 0 Å². The van der Waals surface area contributed by atoms with Crippen molar-refractivity contribution in [3.05, 3.63) is 41.5 Å². The quantitative estimate of drug-likeness (QED) is 0.742. The fraction of sp³-hybridized carbons (Fsp3) is 0.545. The first-order valence-corrected chi connectivity index (χ1v) is 9.76. The molecular formula is C22H32N2O4. The van der Waals surface area contributed by atoms with Crippen LogP contribution in [-0.4, -0.2) is 71.7 Å². The second-order valence-corrected chi connectivity index (χ2v) is 7.51. The van der Waals surface area contributed by atoms with Gasteiger partial charge in [0.1, 0.15) is 6.61 Å². The molecule has 0 unspecified atom stereocenters. The van der Waals surface area contributed by atoms with E-state index < -0.39 is 0 Å². The Hall–Kier alpha value is -2.18. The molecule has 1 fully saturated rings. The first-order chi connectivity index (χ1) is 13.3. The number of allylic oxidation sites excluding steroid dienone is 1. The van der Waals surface area contributed by atoms with E-state index in [0.717, 1.165) is 11.1 Å². The molecule has 2 amide bonds. The molecule has 0 radical (unpaired) electrons. The lowest BCUT2D eigenvalue weighted by Crippen LogP contribution is -2.68. The van der Waals surface area contributed by atoms with Crippen LogP contribution in [0.1, 0.15) is 44.7 Å². The Morgan fingerprint density at radius 3 is 2.36 bits per heavy atom. The van der Waals surface area contributed by atoms with Gasteiger partial charge in [-0.3, -0.25) is 9.59 Å². The molecule has 1 aliphatic rings. The minimum absolute atomic E-state index is 0.0110. The topological polar surface area (TPSA) is 70.1 Å². The maximum Gasteiger partial charge on any atom is 0.248 e. The van der Waals surface area contributed by atoms with E-state index in [9.17, 15) is 14.7 Å². The highest BCUT2D eigenvalue weighted by atomic mass is 16.5. The summed E-state index contributed by atoms with van der Waals surface area (Å²) >= 11 is 0. The highest BCUT2D eigenvalue weighted by Crippen LogP contribution is 2.41. The summed E-state index contributed by atoms with van der Waals surface area (Å²) in [5.74, 6) is -0.213. The lowest BCUT2D eigenvalue weighted by atomic mass is 9.74. The standard InChI is InChI=1S/C22H32N2O4/c1-6-7-17-8-10-18(11-9-17)22-19(24(16(4)26)20(22)13-25)12-23(15(2)3)21(27)14-28-5/h6-11,15,19-20,22,25H,12-14H2,1-5H3/b7-6+/t19-,20+,22-/m1/s1. The summed E-state index contributed by atoms with van der Waals surface area (Å²) in [4.78, 5) is 28.2. The van der Waals surface area contributed by atoms with Gasteiger partial charge in [-0.05, 0) is 31.9 Å². The van der Waals surface area contributed by atoms with Crippen LogP contribution in [0.25, 0.3) is 6.08 Å². The molecule has 0 saturated carbocycles. The summed E-state index contributed by atoms with van der Waals surface area (Å²) in [6.07, 6.45) is 4.01. The number of hydrogen-bond donors (Lipinski definition) is 1. The van der Waals surface area contributed by atoms with Crippen LogP contribution < -0.4 is 0 Å². The van der Waals surface area contributed by atoms with Gasteiger partial charge in [0.05, 0.1) is 18.7 Å². The molecule has 0 aliphatic carbocycles. The van der Waals surface area contributed by atoms with Gasteiger partial charge in [-0.1, -0.05) is 36.4 Å². The molecule has 2 rings (SSSR count). The Labute approximate surface area is 167 Å². The van der Waals surface area contributed by atoms with Gasteiger partial charge in [0.2, 0.25) is 11.8 Å². The van der Waals surface area contributed by atoms with Gasteiger partial charge < -0.3 is 19.6 Å². The number of aliphatic hydroxyl groups excluding tert-OH is 1. The number of aliphatic hydroxyl groups is 1. The molecule has 1 aromatic carbocycles. The van der Waals surface area contributed by atoms with Crippen LogP contribution >= 0.6 is 0 Å². The maximum absolute atomic E-state index is 12.5. The van der Waals surface area contributed by atoms with Crippen LogP contribution in [0.5, 0.6) is 0 Å². The fourth-order valence-electron chi connectivity index (χ4n) is 4.09. The van der Waals surface area contributed by atoms with Crippen molar-refractivity contribution in [2.75, 3.05) is 26.9 Å². The number of carbonyl (C=O) groups is 2. The van der Waals surface area contributed by atoms with Gasteiger partial charge >= 0.3 is 0 Å². The molecule has 1 aliphatic heterocycles. The van der Waals surface area contributed by atoms with Crippen molar-refractivity contribution in [1.82, 2.24) is 9.80 Å². The van der Waals surface area contributed by atoms with Crippen LogP contribution in [-0.2, 0) is 14.3 Å². The number of amides is 2. The van der Waals surface area contributed by atoms with Crippen LogP contribution in [0.15, 0.2) is 30.3 Å². The van der Waals surface area contributed by atoms with E-state index in [1.807, 2.05) is 57.2 Å². The van der Waals surface area contributed by atoms with Crippen molar-refractivity contribution in [2.45, 2.75) is 51.7 Å². The minimum Gasteiger partial charge on any atom is -0.394 e. The van der Waals surface area contributed by atoms with E-state index in [2.05, 4.69) is 0 Å². The molecule has 0 spiro atoms. The Morgan fingerprint density at radius 2 is 1.89 bits per heavy atom. The Balaban J connectivity index is 2.32. The third-order valence-corrected chi connectivity index (χ3v) is 5.37. The van der Waals surface area contributed by atoms with Crippen molar-refractivity contribution in [2.24, 2.45) is 0 Å². The van der Waals surface area contributed by atoms with Gasteiger partial charge in [-0.15, -0.1) is 0 Å². The molecule has 6 heteroatoms. The molecule has 28 heavy (non-hydrogen) atoms. The van der Waals surface area contributed by atoms with Crippen LogP contribution in [0.4, 0.5) is 0 Å². The number of carbonyl (C=O) groups excluding carboxylic acids is 2. The maximum atomic E-state index is 12.5. The summed E-state index contributed by atoms with van der Waals surface area (Å²) in [6.45, 7) is 7.71. The number of rotatable bonds is 8. The van der Waals surface area contributed by atoms with Crippen LogP contribution in [0, 0.1) is 0 Å². The molecule has 1 N–H and O–H groups in total. The van der Waals surface area contributed by atoms with Gasteiger partial charge in [-0.25, -0.2) is 0 Å². The summed E-state index contributed by atoms with van der Waals surface area (Å²) in [6, 6.07) is 7.70. The van der Waals surface area contributed by atoms with E-state index in [-0.39, 0.29) is 49.1 Å². The molecule has 1 heterocycles. The third kappa shape index (κ3) is 4.62. The predicted molar refractivity (Wildman–Crippen MR) is 110 cm³/mol. The average molecular weight is 389 g/mol. The summed E-state index contributed by atoms with van der Waals surface area (Å²) in [5, 5.41) is 9.92. The SMILES string of the molecule is C/C=C/c1ccc([C@@H]2[C@@H](CN(C(=O)COC)C(C)C)N(C(C)=O)[C@H]2CO)cc1. The first kappa shape index (κ1) is 22.1. The number of ether oxygens (including phenoxy) is 1. The smallest absolute Gasteiger partial charge is 0.248 e. The van der Waals surface area contributed by atoms with Gasteiger partial charge in [0, 0.05) is 32.5 Å². The second kappa shape index (κ2) is 9.85. The molecule has 1 saturated heterocycles. The zero-order valence-electron chi connectivity index (χ0n) is 17.5. The van der Waals surface area contributed by atoms with E-state index >= 15 is 0 Å². The monoisotopic (exact) mass is 388 g/mol. The highest BCUT2D eigenvalue weighted by Gasteiger charge is 2.51. The summed E-state index contributed by atoms with van der Waals surface area (Å²) in [5.41, 5.74) is 2.17. The second-order valence-electron chi connectivity index (χ2n) is 7.51. The molecule has 0 bridgehead atoms. The Bertz CT molecular complexity index is 699. The number of hydrogen-bond acceptors (Lipinski definition) is 4. The Morgan fingerprint density at radius 1 is 1.25 bits per heavy atom. The lowest BCUT2D eigenvalue weighted by molar-refractivity contribution is -0.154. The minimum atomic E-state index is -0.276. The molecule has 6 nitrogen and oxygen atoms in total. The number of nitrogens with zero attached hydrogens (tertiary/aromatic N) is 2. The molecule has 154 valence electrons. The van der Waals surface area contributed by atoms with Crippen LogP contribution in [0.3, 0.4) is 0 Å². The van der Waals surface area contributed by atoms with Gasteiger partial charge in [0.25, 0.3) is 0 Å². The highest BCUT2D eigenvalue weighted by molar-refractivity contribution is 5.79. The van der Waals surface area contributed by atoms with Crippen molar-refractivity contribution < 1.29 is 19.4 Å². The lowest BCUT2D eigenvalue weighted by Gasteiger charge is -2.56. The number of likely N-dealkylation sites (tertiary alicyclic amines) is 1. The van der Waals surface area contributed by atoms with Crippen molar-refractivity contribution in [3.63, 3.8) is 0 Å². The van der Waals surface area contributed by atoms with E-state index in [1.54, 1.807) is 9.80 Å². The van der Waals surface area contributed by atoms with E-state index in [0.29, 0.717) is 6.54 Å². The fourth-order valence-corrected chi connectivity index (χ4v) is 4.09. The molecule has 1 aromatic rings. The largest absolute Gasteiger partial charge is 0.394 e. The van der Waals surface area contributed by atoms with Crippen LogP contribution in [0.2, 0.25) is 0 Å². The average Bonchev–Trinajstić information content (AvgIpc) is 2.62. The van der Waals surface area contributed by atoms with E-state index in [1.165, 1.54) is 14.0 Å². The number of methoxy groups -OCH3 is 1. The van der Waals surface area contributed by atoms with Crippen molar-refractivity contribution in [3.8, 4) is 0 Å². The molecule has 0 aromatic heterocycles. The molecule has 3 atom stereocenters. The first-order valence-electron chi connectivity index (χ1n) is 9.76. The zero-order chi connectivity index (χ0) is 20.8. The molecular weight excluding hydrogens is 356 g/mol. The van der Waals surface area contributed by atoms with Gasteiger partial charge in [0.15, 0.2) is 0 Å². The summed E-state index contributed by atoms with van der Waals surface area (Å²) in [7, 11) is 1.50. The van der Waals surface area contributed by atoms with Crippen molar-refractivity contribution in [1.29, 1.82) is 0 Å².